The van der Waals surface area contributed by atoms with Crippen LogP contribution in [0.5, 0.6) is 5.75 Å². The second-order valence-corrected chi connectivity index (χ2v) is 5.46. The lowest BCUT2D eigenvalue weighted by molar-refractivity contribution is 0.0892. The van der Waals surface area contributed by atoms with Gasteiger partial charge < -0.3 is 4.74 Å². The van der Waals surface area contributed by atoms with E-state index >= 15 is 0 Å². The number of hydrogen-bond acceptors (Lipinski definition) is 3. The summed E-state index contributed by atoms with van der Waals surface area (Å²) in [6.07, 6.45) is 4.61. The molecule has 104 valence electrons. The van der Waals surface area contributed by atoms with Crippen molar-refractivity contribution in [2.24, 2.45) is 11.8 Å². The number of ether oxygens (including phenoxy) is 1. The minimum absolute atomic E-state index is 0.000479. The molecule has 3 unspecified atom stereocenters. The average Bonchev–Trinajstić information content (AvgIpc) is 2.49. The number of benzene rings is 1. The van der Waals surface area contributed by atoms with E-state index in [-0.39, 0.29) is 12.0 Å². The van der Waals surface area contributed by atoms with Crippen LogP contribution in [0.25, 0.3) is 0 Å². The van der Waals surface area contributed by atoms with Gasteiger partial charge in [0.05, 0.1) is 24.5 Å². The number of nitriles is 2. The lowest BCUT2D eigenvalue weighted by Crippen LogP contribution is -2.33. The van der Waals surface area contributed by atoms with Crippen molar-refractivity contribution in [3.05, 3.63) is 29.8 Å². The van der Waals surface area contributed by atoms with Crippen molar-refractivity contribution in [3.8, 4) is 17.9 Å². The summed E-state index contributed by atoms with van der Waals surface area (Å²) in [6.45, 7) is 2.20. The first-order valence-electron chi connectivity index (χ1n) is 7.29. The second-order valence-electron chi connectivity index (χ2n) is 5.46. The van der Waals surface area contributed by atoms with Crippen LogP contribution in [0.2, 0.25) is 0 Å². The fourth-order valence-electron chi connectivity index (χ4n) is 2.81. The van der Waals surface area contributed by atoms with Crippen LogP contribution in [0.4, 0.5) is 0 Å². The van der Waals surface area contributed by atoms with Gasteiger partial charge in [-0.3, -0.25) is 0 Å². The summed E-state index contributed by atoms with van der Waals surface area (Å²) in [6, 6.07) is 12.1. The maximum absolute atomic E-state index is 9.25. The summed E-state index contributed by atoms with van der Waals surface area (Å²) in [5.74, 6) is 1.47. The van der Waals surface area contributed by atoms with Gasteiger partial charge in [0.1, 0.15) is 11.9 Å². The molecule has 0 amide bonds. The van der Waals surface area contributed by atoms with Gasteiger partial charge in [0.2, 0.25) is 0 Å². The molecule has 1 aromatic rings. The Hall–Kier alpha value is -2.00. The molecule has 0 aromatic heterocycles. The van der Waals surface area contributed by atoms with Gasteiger partial charge in [-0.1, -0.05) is 25.5 Å². The average molecular weight is 268 g/mol. The van der Waals surface area contributed by atoms with Crippen molar-refractivity contribution in [1.82, 2.24) is 0 Å². The lowest BCUT2D eigenvalue weighted by atomic mass is 9.79. The Morgan fingerprint density at radius 1 is 1.20 bits per heavy atom. The van der Waals surface area contributed by atoms with Crippen molar-refractivity contribution in [1.29, 1.82) is 10.5 Å². The molecule has 1 saturated carbocycles. The summed E-state index contributed by atoms with van der Waals surface area (Å²) < 4.78 is 6.02. The molecule has 1 aromatic carbocycles. The smallest absolute Gasteiger partial charge is 0.119 e. The zero-order valence-electron chi connectivity index (χ0n) is 11.9. The first-order valence-corrected chi connectivity index (χ1v) is 7.29. The topological polar surface area (TPSA) is 56.8 Å². The maximum atomic E-state index is 9.25. The molecular formula is C17H20N2O. The Morgan fingerprint density at radius 3 is 2.55 bits per heavy atom. The molecule has 0 heterocycles. The van der Waals surface area contributed by atoms with E-state index in [1.807, 2.05) is 24.3 Å². The predicted octanol–water partition coefficient (Wildman–Crippen LogP) is 3.85. The van der Waals surface area contributed by atoms with Crippen LogP contribution in [-0.2, 0) is 6.42 Å². The highest BCUT2D eigenvalue weighted by Gasteiger charge is 2.31. The normalized spacial score (nSPS) is 25.4. The first-order chi connectivity index (χ1) is 9.76. The van der Waals surface area contributed by atoms with Crippen LogP contribution in [0, 0.1) is 34.5 Å². The van der Waals surface area contributed by atoms with Gasteiger partial charge in [-0.25, -0.2) is 0 Å². The highest BCUT2D eigenvalue weighted by atomic mass is 16.5. The summed E-state index contributed by atoms with van der Waals surface area (Å²) in [5, 5.41) is 17.9. The van der Waals surface area contributed by atoms with Gasteiger partial charge in [0, 0.05) is 0 Å². The minimum Gasteiger partial charge on any atom is -0.489 e. The van der Waals surface area contributed by atoms with Crippen LogP contribution in [0.15, 0.2) is 24.3 Å². The highest BCUT2D eigenvalue weighted by Crippen LogP contribution is 2.33. The molecule has 2 rings (SSSR count). The molecule has 20 heavy (non-hydrogen) atoms. The van der Waals surface area contributed by atoms with Crippen LogP contribution in [0.1, 0.15) is 38.2 Å². The third-order valence-electron chi connectivity index (χ3n) is 4.14. The summed E-state index contributed by atoms with van der Waals surface area (Å²) in [5.41, 5.74) is 0.992. The van der Waals surface area contributed by atoms with E-state index in [9.17, 15) is 5.26 Å². The van der Waals surface area contributed by atoms with Gasteiger partial charge in [0.15, 0.2) is 0 Å². The Kier molecular flexibility index (Phi) is 5.02. The van der Waals surface area contributed by atoms with Crippen LogP contribution in [-0.4, -0.2) is 6.10 Å². The molecule has 1 fully saturated rings. The molecular weight excluding hydrogens is 248 g/mol. The number of nitrogens with zero attached hydrogens (tertiary/aromatic N) is 2. The van der Waals surface area contributed by atoms with E-state index in [4.69, 9.17) is 10.00 Å². The second kappa shape index (κ2) is 6.96. The zero-order chi connectivity index (χ0) is 14.4. The molecule has 1 aliphatic rings. The van der Waals surface area contributed by atoms with Gasteiger partial charge in [-0.05, 0) is 42.9 Å². The lowest BCUT2D eigenvalue weighted by Gasteiger charge is -2.32. The summed E-state index contributed by atoms with van der Waals surface area (Å²) in [4.78, 5) is 0. The third kappa shape index (κ3) is 3.52. The molecule has 1 aliphatic carbocycles. The van der Waals surface area contributed by atoms with Crippen molar-refractivity contribution in [2.75, 3.05) is 0 Å². The highest BCUT2D eigenvalue weighted by molar-refractivity contribution is 5.29. The molecule has 3 nitrogen and oxygen atoms in total. The number of rotatable bonds is 4. The van der Waals surface area contributed by atoms with E-state index < -0.39 is 0 Å². The Balaban J connectivity index is 2.03. The van der Waals surface area contributed by atoms with Gasteiger partial charge in [-0.2, -0.15) is 10.5 Å². The van der Waals surface area contributed by atoms with Crippen LogP contribution in [0.3, 0.4) is 0 Å². The summed E-state index contributed by atoms with van der Waals surface area (Å²) >= 11 is 0. The van der Waals surface area contributed by atoms with Gasteiger partial charge in [-0.15, -0.1) is 0 Å². The van der Waals surface area contributed by atoms with E-state index in [0.29, 0.717) is 12.3 Å². The Morgan fingerprint density at radius 2 is 1.95 bits per heavy atom. The standard InChI is InChI=1S/C17H20N2O/c1-2-13-3-6-15(12-19)17(11-13)20-16-7-4-14(5-8-16)9-10-18/h4-5,7-8,13,15,17H,2-3,6,9,11H2,1H3. The largest absolute Gasteiger partial charge is 0.489 e. The van der Waals surface area contributed by atoms with E-state index in [1.165, 1.54) is 0 Å². The van der Waals surface area contributed by atoms with E-state index in [0.717, 1.165) is 37.0 Å². The molecule has 0 radical (unpaired) electrons. The Labute approximate surface area is 120 Å². The Bertz CT molecular complexity index is 509. The SMILES string of the molecule is CCC1CCC(C#N)C(Oc2ccc(CC#N)cc2)C1. The molecule has 0 bridgehead atoms. The van der Waals surface area contributed by atoms with Crippen molar-refractivity contribution in [3.63, 3.8) is 0 Å². The van der Waals surface area contributed by atoms with Crippen molar-refractivity contribution in [2.45, 2.75) is 45.1 Å². The van der Waals surface area contributed by atoms with E-state index in [2.05, 4.69) is 19.1 Å². The van der Waals surface area contributed by atoms with Crippen LogP contribution >= 0.6 is 0 Å². The maximum Gasteiger partial charge on any atom is 0.119 e. The fourth-order valence-corrected chi connectivity index (χ4v) is 2.81. The molecule has 3 atom stereocenters. The minimum atomic E-state index is -0.00316. The van der Waals surface area contributed by atoms with Gasteiger partial charge in [0.25, 0.3) is 0 Å². The summed E-state index contributed by atoms with van der Waals surface area (Å²) in [7, 11) is 0. The predicted molar refractivity (Wildman–Crippen MR) is 76.9 cm³/mol. The third-order valence-corrected chi connectivity index (χ3v) is 4.14. The first kappa shape index (κ1) is 14.4. The molecule has 0 spiro atoms. The number of hydrogen-bond donors (Lipinski definition) is 0. The van der Waals surface area contributed by atoms with Gasteiger partial charge >= 0.3 is 0 Å². The quantitative estimate of drug-likeness (QED) is 0.833. The van der Waals surface area contributed by atoms with E-state index in [1.54, 1.807) is 0 Å². The zero-order valence-corrected chi connectivity index (χ0v) is 11.9. The van der Waals surface area contributed by atoms with Crippen molar-refractivity contribution >= 4 is 0 Å². The molecule has 0 N–H and O–H groups in total. The molecule has 0 aliphatic heterocycles. The monoisotopic (exact) mass is 268 g/mol. The molecule has 0 saturated heterocycles. The van der Waals surface area contributed by atoms with Crippen molar-refractivity contribution < 1.29 is 4.74 Å². The fraction of sp³-hybridized carbons (Fsp3) is 0.529. The van der Waals surface area contributed by atoms with Crippen LogP contribution < -0.4 is 4.74 Å². The molecule has 3 heteroatoms.